The third-order valence-electron chi connectivity index (χ3n) is 6.20. The number of aromatic nitrogens is 6. The van der Waals surface area contributed by atoms with Crippen LogP contribution in [0.4, 0.5) is 5.82 Å². The van der Waals surface area contributed by atoms with Gasteiger partial charge in [-0.15, -0.1) is 0 Å². The van der Waals surface area contributed by atoms with Gasteiger partial charge >= 0.3 is 0 Å². The van der Waals surface area contributed by atoms with Gasteiger partial charge in [-0.2, -0.15) is 14.7 Å². The molecule has 0 spiro atoms. The zero-order valence-electron chi connectivity index (χ0n) is 19.3. The summed E-state index contributed by atoms with van der Waals surface area (Å²) in [5, 5.41) is 13.8. The third kappa shape index (κ3) is 3.56. The first kappa shape index (κ1) is 20.9. The number of nitrogens with zero attached hydrogens (tertiary/aromatic N) is 6. The van der Waals surface area contributed by atoms with Crippen LogP contribution in [-0.2, 0) is 7.05 Å². The van der Waals surface area contributed by atoms with E-state index in [1.807, 2.05) is 80.8 Å². The lowest BCUT2D eigenvalue weighted by atomic mass is 9.99. The van der Waals surface area contributed by atoms with E-state index in [2.05, 4.69) is 26.6 Å². The van der Waals surface area contributed by atoms with E-state index in [0.717, 1.165) is 39.4 Å². The van der Waals surface area contributed by atoms with Crippen molar-refractivity contribution in [2.75, 3.05) is 5.32 Å². The van der Waals surface area contributed by atoms with Crippen LogP contribution in [0.25, 0.3) is 33.2 Å². The first-order valence-electron chi connectivity index (χ1n) is 11.4. The molecule has 8 nitrogen and oxygen atoms in total. The average molecular weight is 462 g/mol. The molecule has 1 atom stereocenters. The van der Waals surface area contributed by atoms with Gasteiger partial charge in [0.15, 0.2) is 5.65 Å². The van der Waals surface area contributed by atoms with Crippen LogP contribution in [0, 0.1) is 0 Å². The van der Waals surface area contributed by atoms with Crippen molar-refractivity contribution in [3.05, 3.63) is 108 Å². The highest BCUT2D eigenvalue weighted by atomic mass is 16.1. The van der Waals surface area contributed by atoms with Crippen molar-refractivity contribution in [2.45, 2.75) is 13.0 Å². The number of para-hydroxylation sites is 1. The molecule has 6 rings (SSSR count). The van der Waals surface area contributed by atoms with Crippen LogP contribution in [0.3, 0.4) is 0 Å². The number of benzene rings is 2. The molecule has 0 aliphatic carbocycles. The Morgan fingerprint density at radius 2 is 1.80 bits per heavy atom. The molecule has 0 saturated heterocycles. The summed E-state index contributed by atoms with van der Waals surface area (Å²) in [6, 6.07) is 21.3. The number of hydrogen-bond acceptors (Lipinski definition) is 5. The molecule has 1 unspecified atom stereocenters. The van der Waals surface area contributed by atoms with Crippen molar-refractivity contribution in [1.29, 1.82) is 0 Å². The molecule has 35 heavy (non-hydrogen) atoms. The first-order chi connectivity index (χ1) is 17.1. The normalized spacial score (nSPS) is 12.3. The Hall–Kier alpha value is -4.72. The van der Waals surface area contributed by atoms with E-state index in [9.17, 15) is 4.79 Å². The number of nitrogens with one attached hydrogen (secondary N) is 1. The van der Waals surface area contributed by atoms with E-state index in [4.69, 9.17) is 0 Å². The molecule has 2 aromatic carbocycles. The smallest absolute Gasteiger partial charge is 0.263 e. The van der Waals surface area contributed by atoms with Gasteiger partial charge < -0.3 is 5.32 Å². The minimum atomic E-state index is -0.204. The number of aryl methyl sites for hydroxylation is 1. The predicted molar refractivity (Wildman–Crippen MR) is 137 cm³/mol. The molecule has 0 saturated carbocycles. The Morgan fingerprint density at radius 3 is 2.60 bits per heavy atom. The Balaban J connectivity index is 1.57. The second-order valence-electron chi connectivity index (χ2n) is 8.52. The van der Waals surface area contributed by atoms with E-state index >= 15 is 0 Å². The van der Waals surface area contributed by atoms with Crippen LogP contribution in [0.15, 0.2) is 96.3 Å². The second-order valence-corrected chi connectivity index (χ2v) is 8.52. The number of pyridine rings is 1. The average Bonchev–Trinajstić information content (AvgIpc) is 3.53. The van der Waals surface area contributed by atoms with Crippen molar-refractivity contribution in [1.82, 2.24) is 28.9 Å². The van der Waals surface area contributed by atoms with Crippen molar-refractivity contribution in [2.24, 2.45) is 7.05 Å². The van der Waals surface area contributed by atoms with E-state index in [1.54, 1.807) is 32.4 Å². The Bertz CT molecular complexity index is 1730. The van der Waals surface area contributed by atoms with Crippen LogP contribution < -0.4 is 10.9 Å². The summed E-state index contributed by atoms with van der Waals surface area (Å²) in [5.41, 5.74) is 4.10. The molecule has 1 N–H and O–H groups in total. The molecule has 8 heteroatoms. The van der Waals surface area contributed by atoms with Gasteiger partial charge in [0.25, 0.3) is 5.56 Å². The highest BCUT2D eigenvalue weighted by Gasteiger charge is 2.19. The maximum atomic E-state index is 14.2. The van der Waals surface area contributed by atoms with Crippen molar-refractivity contribution >= 4 is 22.2 Å². The molecule has 0 fully saturated rings. The minimum absolute atomic E-state index is 0.0734. The van der Waals surface area contributed by atoms with Gasteiger partial charge in [-0.05, 0) is 42.1 Å². The molecule has 4 heterocycles. The minimum Gasteiger partial charge on any atom is -0.362 e. The van der Waals surface area contributed by atoms with Crippen LogP contribution in [0.2, 0.25) is 0 Å². The summed E-state index contributed by atoms with van der Waals surface area (Å²) in [6.45, 7) is 2.04. The maximum Gasteiger partial charge on any atom is 0.263 e. The summed E-state index contributed by atoms with van der Waals surface area (Å²) >= 11 is 0. The summed E-state index contributed by atoms with van der Waals surface area (Å²) in [7, 11) is 1.87. The van der Waals surface area contributed by atoms with Crippen LogP contribution >= 0.6 is 0 Å². The molecule has 6 aromatic rings. The highest BCUT2D eigenvalue weighted by molar-refractivity contribution is 5.96. The van der Waals surface area contributed by atoms with E-state index in [0.29, 0.717) is 5.39 Å². The molecule has 4 aromatic heterocycles. The van der Waals surface area contributed by atoms with Crippen molar-refractivity contribution in [3.8, 4) is 16.8 Å². The molecule has 0 bridgehead atoms. The lowest BCUT2D eigenvalue weighted by Gasteiger charge is -2.22. The third-order valence-corrected chi connectivity index (χ3v) is 6.20. The Morgan fingerprint density at radius 1 is 0.943 bits per heavy atom. The summed E-state index contributed by atoms with van der Waals surface area (Å²) in [5.74, 6) is 0.795. The largest absolute Gasteiger partial charge is 0.362 e. The second kappa shape index (κ2) is 8.25. The summed E-state index contributed by atoms with van der Waals surface area (Å²) in [6.07, 6.45) is 7.18. The zero-order valence-corrected chi connectivity index (χ0v) is 19.3. The standard InChI is InChI=1S/C27H23N7O/c1-18(31-25-11-13-28-24-12-14-29-34(24)25)23-15-19-7-6-10-22(20-16-30-32(2)17-20)26(19)27(35)33(23)21-8-4-3-5-9-21/h3-18,31H,1-2H3. The first-order valence-corrected chi connectivity index (χ1v) is 11.4. The number of fused-ring (bicyclic) bond motifs is 2. The number of anilines is 1. The quantitative estimate of drug-likeness (QED) is 0.406. The van der Waals surface area contributed by atoms with E-state index in [1.165, 1.54) is 0 Å². The Labute approximate surface area is 201 Å². The van der Waals surface area contributed by atoms with Gasteiger partial charge in [0.05, 0.1) is 23.8 Å². The molecular weight excluding hydrogens is 438 g/mol. The molecule has 0 aliphatic heterocycles. The van der Waals surface area contributed by atoms with E-state index < -0.39 is 0 Å². The van der Waals surface area contributed by atoms with Gasteiger partial charge in [0.2, 0.25) is 0 Å². The Kier molecular flexibility index (Phi) is 4.92. The fourth-order valence-corrected chi connectivity index (χ4v) is 4.58. The van der Waals surface area contributed by atoms with E-state index in [-0.39, 0.29) is 11.6 Å². The molecule has 0 amide bonds. The van der Waals surface area contributed by atoms with Crippen molar-refractivity contribution in [3.63, 3.8) is 0 Å². The molecular formula is C27H23N7O. The monoisotopic (exact) mass is 461 g/mol. The van der Waals surface area contributed by atoms with Crippen LogP contribution in [-0.4, -0.2) is 28.9 Å². The summed E-state index contributed by atoms with van der Waals surface area (Å²) in [4.78, 5) is 18.5. The lowest BCUT2D eigenvalue weighted by molar-refractivity contribution is 0.763. The van der Waals surface area contributed by atoms with Crippen molar-refractivity contribution < 1.29 is 0 Å². The van der Waals surface area contributed by atoms with Gasteiger partial charge in [0, 0.05) is 42.5 Å². The molecule has 0 aliphatic rings. The number of hydrogen-bond donors (Lipinski definition) is 1. The van der Waals surface area contributed by atoms with Gasteiger partial charge in [-0.1, -0.05) is 36.4 Å². The predicted octanol–water partition coefficient (Wildman–Crippen LogP) is 4.61. The fourth-order valence-electron chi connectivity index (χ4n) is 4.58. The SMILES string of the molecule is CC(Nc1ccnc2ccnn12)c1cc2cccc(-c3cnn(C)c3)c2c(=O)n1-c1ccccc1. The zero-order chi connectivity index (χ0) is 23.9. The summed E-state index contributed by atoms with van der Waals surface area (Å²) < 4.78 is 5.29. The van der Waals surface area contributed by atoms with Gasteiger partial charge in [-0.3, -0.25) is 14.0 Å². The van der Waals surface area contributed by atoms with Crippen LogP contribution in [0.5, 0.6) is 0 Å². The number of rotatable bonds is 5. The fraction of sp³-hybridized carbons (Fsp3) is 0.111. The lowest BCUT2D eigenvalue weighted by Crippen LogP contribution is -2.26. The molecule has 172 valence electrons. The van der Waals surface area contributed by atoms with Gasteiger partial charge in [0.1, 0.15) is 5.82 Å². The maximum absolute atomic E-state index is 14.2. The van der Waals surface area contributed by atoms with Gasteiger partial charge in [-0.25, -0.2) is 4.98 Å². The topological polar surface area (TPSA) is 82.0 Å². The molecule has 0 radical (unpaired) electrons. The van der Waals surface area contributed by atoms with Crippen LogP contribution in [0.1, 0.15) is 18.7 Å². The highest BCUT2D eigenvalue weighted by Crippen LogP contribution is 2.30.